The van der Waals surface area contributed by atoms with Crippen molar-refractivity contribution in [3.8, 4) is 11.5 Å². The highest BCUT2D eigenvalue weighted by Crippen LogP contribution is 2.31. The lowest BCUT2D eigenvalue weighted by Gasteiger charge is -2.13. The van der Waals surface area contributed by atoms with Gasteiger partial charge in [0.15, 0.2) is 0 Å². The molecule has 28 heavy (non-hydrogen) atoms. The van der Waals surface area contributed by atoms with Crippen LogP contribution in [0.25, 0.3) is 0 Å². The molecule has 2 rings (SSSR count). The Bertz CT molecular complexity index is 754. The van der Waals surface area contributed by atoms with Crippen molar-refractivity contribution in [2.24, 2.45) is 0 Å². The van der Waals surface area contributed by atoms with E-state index in [0.717, 1.165) is 0 Å². The standard InChI is InChI=1S/C18H19Cl3O6S/c19-7-11(23)9-26-17-3-1-13(5-15(17)20)28(25)14-2-4-18(16(21)6-14)27-10-12(24)8-22/h1-6,11-12,22-24H,7-10H2. The molecule has 3 N–H and O–H groups in total. The number of rotatable bonds is 10. The van der Waals surface area contributed by atoms with Gasteiger partial charge in [-0.1, -0.05) is 23.2 Å². The van der Waals surface area contributed by atoms with Crippen molar-refractivity contribution in [2.45, 2.75) is 22.0 Å². The number of alkyl halides is 1. The SMILES string of the molecule is O=S(c1ccc(OCC(O)CO)c(Cl)c1)c1ccc(OCC(O)CCl)c(Cl)c1. The van der Waals surface area contributed by atoms with Gasteiger partial charge in [-0.2, -0.15) is 0 Å². The zero-order chi connectivity index (χ0) is 20.7. The number of ether oxygens (including phenoxy) is 2. The number of aliphatic hydroxyl groups excluding tert-OH is 3. The minimum atomic E-state index is -1.55. The first-order chi connectivity index (χ1) is 13.3. The summed E-state index contributed by atoms with van der Waals surface area (Å²) in [6.45, 7) is -0.549. The van der Waals surface area contributed by atoms with Crippen LogP contribution in [0.15, 0.2) is 46.2 Å². The summed E-state index contributed by atoms with van der Waals surface area (Å²) in [5, 5.41) is 28.0. The average Bonchev–Trinajstić information content (AvgIpc) is 2.70. The van der Waals surface area contributed by atoms with Crippen LogP contribution in [-0.4, -0.2) is 57.4 Å². The maximum absolute atomic E-state index is 12.8. The number of benzene rings is 2. The third-order valence-corrected chi connectivity index (χ3v) is 5.80. The number of hydrogen-bond acceptors (Lipinski definition) is 6. The quantitative estimate of drug-likeness (QED) is 0.463. The van der Waals surface area contributed by atoms with Gasteiger partial charge in [-0.15, -0.1) is 11.6 Å². The maximum atomic E-state index is 12.8. The van der Waals surface area contributed by atoms with Gasteiger partial charge < -0.3 is 24.8 Å². The van der Waals surface area contributed by atoms with Crippen LogP contribution >= 0.6 is 34.8 Å². The summed E-state index contributed by atoms with van der Waals surface area (Å²) in [5.74, 6) is 0.685. The lowest BCUT2D eigenvalue weighted by Crippen LogP contribution is -2.21. The topological polar surface area (TPSA) is 96.2 Å². The van der Waals surface area contributed by atoms with Crippen molar-refractivity contribution in [3.63, 3.8) is 0 Å². The van der Waals surface area contributed by atoms with Crippen LogP contribution in [0, 0.1) is 0 Å². The molecule has 3 unspecified atom stereocenters. The van der Waals surface area contributed by atoms with E-state index in [9.17, 15) is 14.4 Å². The Kier molecular flexibility index (Phi) is 9.30. The lowest BCUT2D eigenvalue weighted by molar-refractivity contribution is 0.0536. The Morgan fingerprint density at radius 2 is 1.36 bits per heavy atom. The summed E-state index contributed by atoms with van der Waals surface area (Å²) in [4.78, 5) is 0.873. The van der Waals surface area contributed by atoms with Gasteiger partial charge in [-0.05, 0) is 36.4 Å². The second-order valence-electron chi connectivity index (χ2n) is 5.72. The summed E-state index contributed by atoms with van der Waals surface area (Å²) < 4.78 is 23.5. The molecule has 0 radical (unpaired) electrons. The molecule has 154 valence electrons. The molecule has 0 aliphatic heterocycles. The summed E-state index contributed by atoms with van der Waals surface area (Å²) in [6, 6.07) is 9.28. The van der Waals surface area contributed by atoms with Crippen molar-refractivity contribution < 1.29 is 29.0 Å². The van der Waals surface area contributed by atoms with Crippen LogP contribution in [0.3, 0.4) is 0 Å². The van der Waals surface area contributed by atoms with Gasteiger partial charge in [-0.25, -0.2) is 4.21 Å². The highest BCUT2D eigenvalue weighted by atomic mass is 35.5. The molecular weight excluding hydrogens is 451 g/mol. The molecule has 0 aliphatic rings. The van der Waals surface area contributed by atoms with Gasteiger partial charge >= 0.3 is 0 Å². The van der Waals surface area contributed by atoms with Crippen molar-refractivity contribution in [1.29, 1.82) is 0 Å². The highest BCUT2D eigenvalue weighted by molar-refractivity contribution is 7.85. The second-order valence-corrected chi connectivity index (χ2v) is 8.32. The van der Waals surface area contributed by atoms with Crippen LogP contribution in [0.4, 0.5) is 0 Å². The fourth-order valence-corrected chi connectivity index (χ4v) is 3.83. The summed E-state index contributed by atoms with van der Waals surface area (Å²) in [7, 11) is -1.55. The predicted octanol–water partition coefficient (Wildman–Crippen LogP) is 2.87. The minimum Gasteiger partial charge on any atom is -0.489 e. The predicted molar refractivity (Wildman–Crippen MR) is 108 cm³/mol. The number of aliphatic hydroxyl groups is 3. The molecule has 0 saturated carbocycles. The third kappa shape index (κ3) is 6.49. The fourth-order valence-electron chi connectivity index (χ4n) is 2.03. The Labute approximate surface area is 180 Å². The van der Waals surface area contributed by atoms with Crippen LogP contribution in [-0.2, 0) is 10.8 Å². The molecule has 0 aliphatic carbocycles. The van der Waals surface area contributed by atoms with Crippen molar-refractivity contribution >= 4 is 45.6 Å². The largest absolute Gasteiger partial charge is 0.489 e. The first-order valence-electron chi connectivity index (χ1n) is 8.15. The molecule has 6 nitrogen and oxygen atoms in total. The van der Waals surface area contributed by atoms with Gasteiger partial charge in [0.25, 0.3) is 0 Å². The van der Waals surface area contributed by atoms with E-state index in [2.05, 4.69) is 0 Å². The molecule has 0 fully saturated rings. The zero-order valence-corrected chi connectivity index (χ0v) is 17.6. The highest BCUT2D eigenvalue weighted by Gasteiger charge is 2.14. The zero-order valence-electron chi connectivity index (χ0n) is 14.6. The van der Waals surface area contributed by atoms with Gasteiger partial charge in [0.1, 0.15) is 36.9 Å². The minimum absolute atomic E-state index is 0.00625. The van der Waals surface area contributed by atoms with E-state index in [-0.39, 0.29) is 29.1 Å². The molecular formula is C18H19Cl3O6S. The summed E-state index contributed by atoms with van der Waals surface area (Å²) in [5.41, 5.74) is 0. The Balaban J connectivity index is 2.10. The molecule has 0 bridgehead atoms. The number of hydrogen-bond donors (Lipinski definition) is 3. The van der Waals surface area contributed by atoms with E-state index in [0.29, 0.717) is 21.3 Å². The Morgan fingerprint density at radius 3 is 1.75 bits per heavy atom. The molecule has 2 aromatic carbocycles. The molecule has 10 heteroatoms. The van der Waals surface area contributed by atoms with Crippen molar-refractivity contribution in [3.05, 3.63) is 46.4 Å². The van der Waals surface area contributed by atoms with Crippen LogP contribution in [0.2, 0.25) is 10.0 Å². The van der Waals surface area contributed by atoms with Crippen molar-refractivity contribution in [2.75, 3.05) is 25.7 Å². The third-order valence-electron chi connectivity index (χ3n) is 3.49. The first-order valence-corrected chi connectivity index (χ1v) is 10.6. The van der Waals surface area contributed by atoms with E-state index < -0.39 is 29.6 Å². The molecule has 0 heterocycles. The van der Waals surface area contributed by atoms with E-state index in [4.69, 9.17) is 49.4 Å². The smallest absolute Gasteiger partial charge is 0.138 e. The van der Waals surface area contributed by atoms with Crippen LogP contribution in [0.1, 0.15) is 0 Å². The molecule has 0 saturated heterocycles. The summed E-state index contributed by atoms with van der Waals surface area (Å²) in [6.07, 6.45) is -1.83. The van der Waals surface area contributed by atoms with Gasteiger partial charge in [-0.3, -0.25) is 0 Å². The molecule has 0 aromatic heterocycles. The first kappa shape index (κ1) is 23.2. The monoisotopic (exact) mass is 468 g/mol. The molecule has 0 spiro atoms. The number of halogens is 3. The van der Waals surface area contributed by atoms with Gasteiger partial charge in [0.2, 0.25) is 0 Å². The molecule has 3 atom stereocenters. The second kappa shape index (κ2) is 11.2. The average molecular weight is 470 g/mol. The van der Waals surface area contributed by atoms with E-state index in [1.807, 2.05) is 0 Å². The lowest BCUT2D eigenvalue weighted by atomic mass is 10.3. The van der Waals surface area contributed by atoms with Gasteiger partial charge in [0, 0.05) is 9.79 Å². The Hall–Kier alpha value is -1.06. The van der Waals surface area contributed by atoms with E-state index >= 15 is 0 Å². The Morgan fingerprint density at radius 1 is 0.893 bits per heavy atom. The van der Waals surface area contributed by atoms with Gasteiger partial charge in [0.05, 0.1) is 33.3 Å². The normalized spacial score (nSPS) is 14.4. The van der Waals surface area contributed by atoms with Crippen LogP contribution in [0.5, 0.6) is 11.5 Å². The fraction of sp³-hybridized carbons (Fsp3) is 0.333. The molecule has 0 amide bonds. The van der Waals surface area contributed by atoms with Crippen LogP contribution < -0.4 is 9.47 Å². The summed E-state index contributed by atoms with van der Waals surface area (Å²) >= 11 is 17.8. The van der Waals surface area contributed by atoms with E-state index in [1.54, 1.807) is 18.2 Å². The van der Waals surface area contributed by atoms with E-state index in [1.165, 1.54) is 18.2 Å². The van der Waals surface area contributed by atoms with Crippen molar-refractivity contribution in [1.82, 2.24) is 0 Å². The maximum Gasteiger partial charge on any atom is 0.138 e. The molecule has 2 aromatic rings.